The van der Waals surface area contributed by atoms with E-state index in [9.17, 15) is 9.59 Å². The van der Waals surface area contributed by atoms with Crippen molar-refractivity contribution in [2.75, 3.05) is 10.6 Å². The first-order valence-corrected chi connectivity index (χ1v) is 10.2. The fourth-order valence-corrected chi connectivity index (χ4v) is 3.06. The number of carbonyl (C=O) groups is 2. The molecule has 1 heterocycles. The molecule has 3 aromatic carbocycles. The van der Waals surface area contributed by atoms with E-state index in [1.807, 2.05) is 60.7 Å². The summed E-state index contributed by atoms with van der Waals surface area (Å²) in [7, 11) is 0. The van der Waals surface area contributed by atoms with Crippen molar-refractivity contribution in [1.29, 1.82) is 0 Å². The molecule has 2 amide bonds. The number of nitrogens with zero attached hydrogens (tertiary/aromatic N) is 2. The van der Waals surface area contributed by atoms with Gasteiger partial charge in [0, 0.05) is 11.4 Å². The molecule has 1 aliphatic rings. The predicted molar refractivity (Wildman–Crippen MR) is 127 cm³/mol. The van der Waals surface area contributed by atoms with Crippen molar-refractivity contribution < 1.29 is 14.3 Å². The lowest BCUT2D eigenvalue weighted by Crippen LogP contribution is -2.32. The number of nitrogens with two attached hydrogens (primary N) is 1. The summed E-state index contributed by atoms with van der Waals surface area (Å²) in [6.45, 7) is 0. The van der Waals surface area contributed by atoms with Crippen LogP contribution < -0.4 is 26.4 Å². The highest BCUT2D eigenvalue weighted by Crippen LogP contribution is 2.22. The van der Waals surface area contributed by atoms with Gasteiger partial charge >= 0.3 is 0 Å². The fourth-order valence-electron chi connectivity index (χ4n) is 3.06. The minimum atomic E-state index is -0.881. The molecule has 0 radical (unpaired) electrons. The number of amides is 2. The third kappa shape index (κ3) is 6.17. The quantitative estimate of drug-likeness (QED) is 0.344. The van der Waals surface area contributed by atoms with Gasteiger partial charge in [-0.1, -0.05) is 36.4 Å². The summed E-state index contributed by atoms with van der Waals surface area (Å²) in [5.41, 5.74) is 7.19. The number of ether oxygens (including phenoxy) is 1. The zero-order valence-corrected chi connectivity index (χ0v) is 17.6. The van der Waals surface area contributed by atoms with Crippen LogP contribution in [0.1, 0.15) is 6.42 Å². The minimum absolute atomic E-state index is 0.0566. The van der Waals surface area contributed by atoms with Gasteiger partial charge in [0.15, 0.2) is 0 Å². The van der Waals surface area contributed by atoms with E-state index in [1.165, 1.54) is 0 Å². The van der Waals surface area contributed by atoms with Gasteiger partial charge in [0.05, 0.1) is 6.42 Å². The second kappa shape index (κ2) is 10.1. The second-order valence-corrected chi connectivity index (χ2v) is 7.14. The lowest BCUT2D eigenvalue weighted by Gasteiger charge is -2.09. The molecular weight excluding hydrogens is 420 g/mol. The lowest BCUT2D eigenvalue weighted by molar-refractivity contribution is -0.123. The van der Waals surface area contributed by atoms with E-state index in [4.69, 9.17) is 10.5 Å². The van der Waals surface area contributed by atoms with Gasteiger partial charge < -0.3 is 21.1 Å². The zero-order chi connectivity index (χ0) is 23.0. The summed E-state index contributed by atoms with van der Waals surface area (Å²) in [5, 5.41) is 8.18. The number of carbonyl (C=O) groups excluding carboxylic acids is 2. The number of anilines is 2. The molecule has 1 unspecified atom stereocenters. The molecule has 166 valence electrons. The van der Waals surface area contributed by atoms with Gasteiger partial charge in [-0.15, -0.1) is 0 Å². The van der Waals surface area contributed by atoms with Crippen molar-refractivity contribution in [3.05, 3.63) is 84.9 Å². The van der Waals surface area contributed by atoms with Gasteiger partial charge in [-0.05, 0) is 48.5 Å². The molecular formula is C24H22N6O3. The van der Waals surface area contributed by atoms with E-state index in [1.54, 1.807) is 24.3 Å². The standard InChI is InChI=1S/C24H22N6O3/c25-23(27-16-7-3-1-4-8-16)30-24-28-20(22(32)29-24)15-21(31)26-17-11-13-19(14-12-17)33-18-9-5-2-6-10-18/h1-14,20H,15H2,(H,26,31)(H4,25,27,28,29,30,32). The number of rotatable bonds is 6. The number of aliphatic imine (C=N–C) groups is 2. The van der Waals surface area contributed by atoms with Crippen LogP contribution in [-0.4, -0.2) is 29.8 Å². The fraction of sp³-hybridized carbons (Fsp3) is 0.0833. The summed E-state index contributed by atoms with van der Waals surface area (Å²) in [5.74, 6) is 0.726. The van der Waals surface area contributed by atoms with E-state index >= 15 is 0 Å². The number of hydrogen-bond acceptors (Lipinski definition) is 5. The van der Waals surface area contributed by atoms with Crippen LogP contribution in [0.3, 0.4) is 0 Å². The SMILES string of the molecule is N/C(=N\C1=NC(CC(=O)Nc2ccc(Oc3ccccc3)cc2)C(=O)N1)Nc1ccccc1. The maximum absolute atomic E-state index is 12.4. The third-order valence-corrected chi connectivity index (χ3v) is 4.58. The Kier molecular flexibility index (Phi) is 6.60. The maximum Gasteiger partial charge on any atom is 0.252 e. The molecule has 1 atom stereocenters. The van der Waals surface area contributed by atoms with Crippen molar-refractivity contribution in [2.24, 2.45) is 15.7 Å². The van der Waals surface area contributed by atoms with Gasteiger partial charge in [-0.3, -0.25) is 14.9 Å². The molecule has 0 spiro atoms. The Balaban J connectivity index is 1.31. The van der Waals surface area contributed by atoms with Crippen molar-refractivity contribution >= 4 is 35.1 Å². The topological polar surface area (TPSA) is 130 Å². The van der Waals surface area contributed by atoms with Gasteiger partial charge in [-0.2, -0.15) is 4.99 Å². The van der Waals surface area contributed by atoms with Gasteiger partial charge in [-0.25, -0.2) is 4.99 Å². The van der Waals surface area contributed by atoms with E-state index in [0.717, 1.165) is 11.4 Å². The van der Waals surface area contributed by atoms with Crippen molar-refractivity contribution in [3.8, 4) is 11.5 Å². The lowest BCUT2D eigenvalue weighted by atomic mass is 10.2. The molecule has 0 saturated heterocycles. The van der Waals surface area contributed by atoms with Crippen molar-refractivity contribution in [3.63, 3.8) is 0 Å². The summed E-state index contributed by atoms with van der Waals surface area (Å²) in [4.78, 5) is 32.8. The highest BCUT2D eigenvalue weighted by atomic mass is 16.5. The molecule has 5 N–H and O–H groups in total. The van der Waals surface area contributed by atoms with Gasteiger partial charge in [0.2, 0.25) is 17.8 Å². The van der Waals surface area contributed by atoms with Gasteiger partial charge in [0.1, 0.15) is 17.5 Å². The Morgan fingerprint density at radius 1 is 0.909 bits per heavy atom. The Morgan fingerprint density at radius 3 is 2.21 bits per heavy atom. The molecule has 9 nitrogen and oxygen atoms in total. The highest BCUT2D eigenvalue weighted by molar-refractivity contribution is 6.11. The number of benzene rings is 3. The van der Waals surface area contributed by atoms with Crippen LogP contribution in [0.2, 0.25) is 0 Å². The Morgan fingerprint density at radius 2 is 1.52 bits per heavy atom. The first kappa shape index (κ1) is 21.6. The molecule has 3 aromatic rings. The first-order chi connectivity index (χ1) is 16.0. The molecule has 33 heavy (non-hydrogen) atoms. The Hall–Kier alpha value is -4.66. The van der Waals surface area contributed by atoms with Crippen LogP contribution in [0.5, 0.6) is 11.5 Å². The molecule has 0 fully saturated rings. The minimum Gasteiger partial charge on any atom is -0.457 e. The van der Waals surface area contributed by atoms with Crippen LogP contribution in [0.15, 0.2) is 94.9 Å². The van der Waals surface area contributed by atoms with E-state index in [2.05, 4.69) is 25.9 Å². The Bertz CT molecular complexity index is 1180. The van der Waals surface area contributed by atoms with E-state index in [0.29, 0.717) is 11.4 Å². The largest absolute Gasteiger partial charge is 0.457 e. The smallest absolute Gasteiger partial charge is 0.252 e. The monoisotopic (exact) mass is 442 g/mol. The number of nitrogens with one attached hydrogen (secondary N) is 3. The normalized spacial score (nSPS) is 15.4. The number of hydrogen-bond donors (Lipinski definition) is 4. The molecule has 4 rings (SSSR count). The maximum atomic E-state index is 12.4. The first-order valence-electron chi connectivity index (χ1n) is 10.2. The summed E-state index contributed by atoms with van der Waals surface area (Å²) in [6.07, 6.45) is -0.126. The number of para-hydroxylation sites is 2. The molecule has 0 aromatic heterocycles. The van der Waals surface area contributed by atoms with E-state index in [-0.39, 0.29) is 24.2 Å². The zero-order valence-electron chi connectivity index (χ0n) is 17.6. The molecule has 1 aliphatic heterocycles. The second-order valence-electron chi connectivity index (χ2n) is 7.14. The number of guanidine groups is 2. The summed E-state index contributed by atoms with van der Waals surface area (Å²) in [6, 6.07) is 24.7. The Labute approximate surface area is 190 Å². The third-order valence-electron chi connectivity index (χ3n) is 4.58. The average Bonchev–Trinajstić information content (AvgIpc) is 3.14. The summed E-state index contributed by atoms with van der Waals surface area (Å²) >= 11 is 0. The van der Waals surface area contributed by atoms with Crippen LogP contribution in [-0.2, 0) is 9.59 Å². The van der Waals surface area contributed by atoms with Crippen molar-refractivity contribution in [1.82, 2.24) is 5.32 Å². The van der Waals surface area contributed by atoms with Crippen LogP contribution >= 0.6 is 0 Å². The van der Waals surface area contributed by atoms with Crippen LogP contribution in [0.4, 0.5) is 11.4 Å². The van der Waals surface area contributed by atoms with Crippen LogP contribution in [0, 0.1) is 0 Å². The summed E-state index contributed by atoms with van der Waals surface area (Å²) < 4.78 is 5.73. The van der Waals surface area contributed by atoms with Crippen LogP contribution in [0.25, 0.3) is 0 Å². The molecule has 9 heteroatoms. The highest BCUT2D eigenvalue weighted by Gasteiger charge is 2.28. The van der Waals surface area contributed by atoms with Gasteiger partial charge in [0.25, 0.3) is 5.91 Å². The van der Waals surface area contributed by atoms with E-state index < -0.39 is 11.9 Å². The van der Waals surface area contributed by atoms with Crippen molar-refractivity contribution in [2.45, 2.75) is 12.5 Å². The molecule has 0 aliphatic carbocycles. The average molecular weight is 442 g/mol. The molecule has 0 bridgehead atoms. The predicted octanol–water partition coefficient (Wildman–Crippen LogP) is 3.09. The molecule has 0 saturated carbocycles.